The average Bonchev–Trinajstić information content (AvgIpc) is 2.60. The van der Waals surface area contributed by atoms with Gasteiger partial charge < -0.3 is 24.8 Å². The van der Waals surface area contributed by atoms with E-state index in [1.54, 1.807) is 14.2 Å². The number of nitrogens with one attached hydrogen (secondary N) is 2. The van der Waals surface area contributed by atoms with Crippen LogP contribution >= 0.6 is 12.2 Å². The third-order valence-electron chi connectivity index (χ3n) is 3.31. The molecule has 0 radical (unpaired) electrons. The zero-order valence-electron chi connectivity index (χ0n) is 14.1. The molecule has 0 spiro atoms. The van der Waals surface area contributed by atoms with Crippen molar-refractivity contribution in [1.82, 2.24) is 5.32 Å². The van der Waals surface area contributed by atoms with E-state index < -0.39 is 0 Å². The standard InChI is InChI=1S/C18H22N2O3S/c1-4-23-17-10-13(8-9-16(17)22-3)12-19-18(24)20-14-6-5-7-15(11-14)21-2/h5-11H,4,12H2,1-3H3,(H2,19,20,24). The van der Waals surface area contributed by atoms with E-state index in [1.807, 2.05) is 49.4 Å². The molecule has 6 heteroatoms. The van der Waals surface area contributed by atoms with Crippen LogP contribution in [0.15, 0.2) is 42.5 Å². The van der Waals surface area contributed by atoms with Gasteiger partial charge in [-0.3, -0.25) is 0 Å². The molecule has 0 saturated carbocycles. The van der Waals surface area contributed by atoms with Crippen molar-refractivity contribution in [2.45, 2.75) is 13.5 Å². The molecule has 2 rings (SSSR count). The molecule has 0 saturated heterocycles. The van der Waals surface area contributed by atoms with Crippen LogP contribution in [0, 0.1) is 0 Å². The van der Waals surface area contributed by atoms with Crippen LogP contribution < -0.4 is 24.8 Å². The Kier molecular flexibility index (Phi) is 6.69. The second-order valence-electron chi connectivity index (χ2n) is 4.96. The van der Waals surface area contributed by atoms with Crippen LogP contribution in [-0.2, 0) is 6.54 Å². The van der Waals surface area contributed by atoms with Crippen LogP contribution in [0.25, 0.3) is 0 Å². The number of thiocarbonyl (C=S) groups is 1. The third kappa shape index (κ3) is 5.03. The molecule has 0 aliphatic heterocycles. The highest BCUT2D eigenvalue weighted by atomic mass is 32.1. The van der Waals surface area contributed by atoms with Gasteiger partial charge in [0, 0.05) is 18.3 Å². The molecular formula is C18H22N2O3S. The zero-order chi connectivity index (χ0) is 17.4. The van der Waals surface area contributed by atoms with Gasteiger partial charge in [0.05, 0.1) is 20.8 Å². The van der Waals surface area contributed by atoms with E-state index >= 15 is 0 Å². The normalized spacial score (nSPS) is 9.96. The first-order valence-corrected chi connectivity index (χ1v) is 8.05. The van der Waals surface area contributed by atoms with Crippen molar-refractivity contribution in [3.8, 4) is 17.2 Å². The minimum absolute atomic E-state index is 0.539. The Morgan fingerprint density at radius 1 is 1.04 bits per heavy atom. The minimum atomic E-state index is 0.539. The van der Waals surface area contributed by atoms with E-state index in [1.165, 1.54) is 0 Å². The van der Waals surface area contributed by atoms with Crippen LogP contribution in [0.4, 0.5) is 5.69 Å². The van der Waals surface area contributed by atoms with Crippen molar-refractivity contribution in [3.05, 3.63) is 48.0 Å². The zero-order valence-corrected chi connectivity index (χ0v) is 14.9. The Bertz CT molecular complexity index is 692. The van der Waals surface area contributed by atoms with E-state index in [2.05, 4.69) is 10.6 Å². The van der Waals surface area contributed by atoms with Gasteiger partial charge in [0.25, 0.3) is 0 Å². The summed E-state index contributed by atoms with van der Waals surface area (Å²) in [6.45, 7) is 3.11. The molecule has 2 aromatic rings. The fourth-order valence-corrected chi connectivity index (χ4v) is 2.35. The summed E-state index contributed by atoms with van der Waals surface area (Å²) in [5.74, 6) is 2.22. The SMILES string of the molecule is CCOc1cc(CNC(=S)Nc2cccc(OC)c2)ccc1OC. The summed E-state index contributed by atoms with van der Waals surface area (Å²) < 4.78 is 16.1. The molecular weight excluding hydrogens is 324 g/mol. The first-order valence-electron chi connectivity index (χ1n) is 7.65. The summed E-state index contributed by atoms with van der Waals surface area (Å²) >= 11 is 5.33. The number of hydrogen-bond donors (Lipinski definition) is 2. The smallest absolute Gasteiger partial charge is 0.171 e. The number of anilines is 1. The summed E-state index contributed by atoms with van der Waals surface area (Å²) in [6, 6.07) is 13.4. The molecule has 24 heavy (non-hydrogen) atoms. The van der Waals surface area contributed by atoms with Crippen molar-refractivity contribution in [2.75, 3.05) is 26.1 Å². The number of hydrogen-bond acceptors (Lipinski definition) is 4. The number of ether oxygens (including phenoxy) is 3. The lowest BCUT2D eigenvalue weighted by atomic mass is 10.2. The molecule has 0 heterocycles. The predicted molar refractivity (Wildman–Crippen MR) is 100 cm³/mol. The number of rotatable bonds is 7. The summed E-state index contributed by atoms with van der Waals surface area (Å²) in [5, 5.41) is 6.85. The Morgan fingerprint density at radius 2 is 1.88 bits per heavy atom. The summed E-state index contributed by atoms with van der Waals surface area (Å²) in [7, 11) is 3.26. The van der Waals surface area contributed by atoms with Gasteiger partial charge in [0.2, 0.25) is 0 Å². The molecule has 0 amide bonds. The Labute approximate surface area is 147 Å². The van der Waals surface area contributed by atoms with Gasteiger partial charge in [-0.2, -0.15) is 0 Å². The van der Waals surface area contributed by atoms with Crippen LogP contribution in [-0.4, -0.2) is 25.9 Å². The van der Waals surface area contributed by atoms with Crippen molar-refractivity contribution in [1.29, 1.82) is 0 Å². The van der Waals surface area contributed by atoms with Crippen molar-refractivity contribution >= 4 is 23.0 Å². The van der Waals surface area contributed by atoms with Gasteiger partial charge in [0.1, 0.15) is 5.75 Å². The van der Waals surface area contributed by atoms with Crippen LogP contribution in [0.1, 0.15) is 12.5 Å². The predicted octanol–water partition coefficient (Wildman–Crippen LogP) is 3.59. The highest BCUT2D eigenvalue weighted by Crippen LogP contribution is 2.28. The van der Waals surface area contributed by atoms with Crippen LogP contribution in [0.3, 0.4) is 0 Å². The summed E-state index contributed by atoms with van der Waals surface area (Å²) in [4.78, 5) is 0. The maximum absolute atomic E-state index is 5.58. The maximum atomic E-state index is 5.58. The lowest BCUT2D eigenvalue weighted by Gasteiger charge is -2.13. The van der Waals surface area contributed by atoms with Crippen molar-refractivity contribution in [3.63, 3.8) is 0 Å². The largest absolute Gasteiger partial charge is 0.497 e. The van der Waals surface area contributed by atoms with Crippen molar-refractivity contribution in [2.24, 2.45) is 0 Å². The van der Waals surface area contributed by atoms with Gasteiger partial charge in [-0.25, -0.2) is 0 Å². The highest BCUT2D eigenvalue weighted by Gasteiger charge is 2.06. The average molecular weight is 346 g/mol. The number of benzene rings is 2. The van der Waals surface area contributed by atoms with Crippen molar-refractivity contribution < 1.29 is 14.2 Å². The second-order valence-corrected chi connectivity index (χ2v) is 5.37. The van der Waals surface area contributed by atoms with Gasteiger partial charge in [-0.05, 0) is 49.0 Å². The molecule has 5 nitrogen and oxygen atoms in total. The first-order chi connectivity index (χ1) is 11.7. The molecule has 0 aliphatic rings. The molecule has 0 unspecified atom stereocenters. The van der Waals surface area contributed by atoms with E-state index in [4.69, 9.17) is 26.4 Å². The molecule has 0 fully saturated rings. The lowest BCUT2D eigenvalue weighted by molar-refractivity contribution is 0.310. The second kappa shape index (κ2) is 8.98. The molecule has 2 aromatic carbocycles. The van der Waals surface area contributed by atoms with Crippen LogP contribution in [0.5, 0.6) is 17.2 Å². The minimum Gasteiger partial charge on any atom is -0.497 e. The van der Waals surface area contributed by atoms with Gasteiger partial charge in [-0.1, -0.05) is 12.1 Å². The van der Waals surface area contributed by atoms with Gasteiger partial charge in [0.15, 0.2) is 16.6 Å². The highest BCUT2D eigenvalue weighted by molar-refractivity contribution is 7.80. The number of methoxy groups -OCH3 is 2. The summed E-state index contributed by atoms with van der Waals surface area (Å²) in [5.41, 5.74) is 1.92. The fourth-order valence-electron chi connectivity index (χ4n) is 2.16. The van der Waals surface area contributed by atoms with E-state index in [0.717, 1.165) is 28.5 Å². The fraction of sp³-hybridized carbons (Fsp3) is 0.278. The monoisotopic (exact) mass is 346 g/mol. The molecule has 0 aromatic heterocycles. The quantitative estimate of drug-likeness (QED) is 0.747. The Balaban J connectivity index is 1.94. The molecule has 128 valence electrons. The summed E-state index contributed by atoms with van der Waals surface area (Å²) in [6.07, 6.45) is 0. The van der Waals surface area contributed by atoms with Gasteiger partial charge in [-0.15, -0.1) is 0 Å². The molecule has 0 aliphatic carbocycles. The van der Waals surface area contributed by atoms with E-state index in [0.29, 0.717) is 18.3 Å². The van der Waals surface area contributed by atoms with E-state index in [9.17, 15) is 0 Å². The molecule has 0 bridgehead atoms. The Morgan fingerprint density at radius 3 is 2.58 bits per heavy atom. The maximum Gasteiger partial charge on any atom is 0.171 e. The molecule has 2 N–H and O–H groups in total. The topological polar surface area (TPSA) is 51.8 Å². The third-order valence-corrected chi connectivity index (χ3v) is 3.55. The lowest BCUT2D eigenvalue weighted by Crippen LogP contribution is -2.27. The van der Waals surface area contributed by atoms with E-state index in [-0.39, 0.29) is 0 Å². The Hall–Kier alpha value is -2.47. The van der Waals surface area contributed by atoms with Gasteiger partial charge >= 0.3 is 0 Å². The molecule has 0 atom stereocenters. The van der Waals surface area contributed by atoms with Crippen LogP contribution in [0.2, 0.25) is 0 Å². The first kappa shape index (κ1) is 17.9.